The van der Waals surface area contributed by atoms with E-state index in [1.807, 2.05) is 0 Å². The predicted molar refractivity (Wildman–Crippen MR) is 112 cm³/mol. The molecule has 12 heteroatoms. The molecule has 0 aliphatic heterocycles. The van der Waals surface area contributed by atoms with Crippen LogP contribution in [0.3, 0.4) is 0 Å². The van der Waals surface area contributed by atoms with Crippen LogP contribution in [0.2, 0.25) is 0 Å². The van der Waals surface area contributed by atoms with Crippen molar-refractivity contribution in [2.45, 2.75) is 34.1 Å². The van der Waals surface area contributed by atoms with Crippen LogP contribution in [0.15, 0.2) is 66.1 Å². The van der Waals surface area contributed by atoms with Gasteiger partial charge in [-0.3, -0.25) is 9.35 Å². The molecule has 2 aromatic rings. The zero-order valence-electron chi connectivity index (χ0n) is 16.8. The quantitative estimate of drug-likeness (QED) is 0.246. The lowest BCUT2D eigenvalue weighted by Gasteiger charge is -2.27. The van der Waals surface area contributed by atoms with E-state index in [4.69, 9.17) is 4.55 Å². The molecule has 33 heavy (non-hydrogen) atoms. The molecule has 3 unspecified atom stereocenters. The maximum atomic E-state index is 13.9. The Morgan fingerprint density at radius 3 is 2.39 bits per heavy atom. The normalized spacial score (nSPS) is 18.5. The van der Waals surface area contributed by atoms with E-state index in [2.05, 4.69) is 11.3 Å². The molecule has 0 saturated heterocycles. The second kappa shape index (κ2) is 9.07. The smallest absolute Gasteiger partial charge is 0.432 e. The fourth-order valence-corrected chi connectivity index (χ4v) is 6.19. The minimum absolute atomic E-state index is 0.145. The molecule has 1 aliphatic carbocycles. The van der Waals surface area contributed by atoms with Gasteiger partial charge in [0.2, 0.25) is 5.78 Å². The Balaban J connectivity index is 1.96. The lowest BCUT2D eigenvalue weighted by atomic mass is 10.1. The first-order chi connectivity index (χ1) is 15.3. The molecule has 178 valence electrons. The van der Waals surface area contributed by atoms with Crippen LogP contribution in [0.1, 0.15) is 15.9 Å². The number of carbonyl (C=O) groups excluding carboxylic acids is 1. The van der Waals surface area contributed by atoms with Crippen molar-refractivity contribution < 1.29 is 44.5 Å². The molecule has 1 aliphatic rings. The van der Waals surface area contributed by atoms with Gasteiger partial charge in [0, 0.05) is 28.9 Å². The average Bonchev–Trinajstić information content (AvgIpc) is 3.05. The number of halogens is 5. The number of rotatable bonds is 8. The molecule has 1 N–H and O–H groups in total. The molecule has 2 aromatic carbocycles. The summed E-state index contributed by atoms with van der Waals surface area (Å²) < 4.78 is 102. The molecule has 0 fully saturated rings. The molecular formula is C21H18F5O5S2+. The van der Waals surface area contributed by atoms with Gasteiger partial charge in [-0.25, -0.2) is 0 Å². The Morgan fingerprint density at radius 2 is 1.82 bits per heavy atom. The highest BCUT2D eigenvalue weighted by Gasteiger charge is 2.65. The van der Waals surface area contributed by atoms with E-state index in [1.165, 1.54) is 18.2 Å². The summed E-state index contributed by atoms with van der Waals surface area (Å²) in [7, 11) is -7.31. The zero-order chi connectivity index (χ0) is 24.6. The van der Waals surface area contributed by atoms with Crippen LogP contribution in [0, 0.1) is 0 Å². The minimum Gasteiger partial charge on any atom is -0.473 e. The van der Waals surface area contributed by atoms with Gasteiger partial charge in [0.15, 0.2) is 10.1 Å². The van der Waals surface area contributed by atoms with E-state index in [-0.39, 0.29) is 11.5 Å². The summed E-state index contributed by atoms with van der Waals surface area (Å²) in [5, 5.41) is -6.18. The van der Waals surface area contributed by atoms with E-state index in [1.54, 1.807) is 24.3 Å². The van der Waals surface area contributed by atoms with Gasteiger partial charge in [-0.2, -0.15) is 30.4 Å². The summed E-state index contributed by atoms with van der Waals surface area (Å²) in [5.74, 6) is -0.548. The first-order valence-electron chi connectivity index (χ1n) is 9.38. The van der Waals surface area contributed by atoms with E-state index in [0.29, 0.717) is 16.9 Å². The number of Topliss-reactive ketones (excluding diaryl/α,β-unsaturated/α-hetero) is 1. The van der Waals surface area contributed by atoms with Crippen LogP contribution in [0.5, 0.6) is 5.75 Å². The van der Waals surface area contributed by atoms with E-state index >= 15 is 0 Å². The van der Waals surface area contributed by atoms with Crippen molar-refractivity contribution in [1.82, 2.24) is 0 Å². The maximum Gasteiger partial charge on any atom is 0.432 e. The zero-order valence-corrected chi connectivity index (χ0v) is 18.4. The van der Waals surface area contributed by atoms with Crippen molar-refractivity contribution in [2.75, 3.05) is 5.75 Å². The van der Waals surface area contributed by atoms with Crippen LogP contribution in [0.4, 0.5) is 22.0 Å². The van der Waals surface area contributed by atoms with Crippen molar-refractivity contribution in [3.05, 3.63) is 72.3 Å². The molecule has 0 radical (unpaired) electrons. The third-order valence-corrected chi connectivity index (χ3v) is 8.35. The molecule has 3 atom stereocenters. The fraction of sp³-hybridized carbons (Fsp3) is 0.286. The molecule has 0 heterocycles. The van der Waals surface area contributed by atoms with E-state index in [0.717, 1.165) is 17.7 Å². The van der Waals surface area contributed by atoms with Gasteiger partial charge < -0.3 is 4.74 Å². The van der Waals surface area contributed by atoms with Crippen LogP contribution in [0.25, 0.3) is 0 Å². The fourth-order valence-electron chi connectivity index (χ4n) is 3.45. The van der Waals surface area contributed by atoms with Crippen molar-refractivity contribution in [1.29, 1.82) is 0 Å². The average molecular weight is 509 g/mol. The minimum atomic E-state index is -6.43. The highest BCUT2D eigenvalue weighted by Crippen LogP contribution is 2.39. The van der Waals surface area contributed by atoms with Crippen LogP contribution in [-0.2, 0) is 27.4 Å². The first-order valence-corrected chi connectivity index (χ1v) is 12.3. The molecule has 0 bridgehead atoms. The van der Waals surface area contributed by atoms with Gasteiger partial charge in [0.25, 0.3) is 6.10 Å². The molecule has 5 nitrogen and oxygen atoms in total. The second-order valence-corrected chi connectivity index (χ2v) is 10.9. The molecule has 3 rings (SSSR count). The van der Waals surface area contributed by atoms with Gasteiger partial charge in [-0.05, 0) is 23.8 Å². The summed E-state index contributed by atoms with van der Waals surface area (Å²) in [5.41, 5.74) is 1.37. The molecule has 0 spiro atoms. The Kier molecular flexibility index (Phi) is 6.92. The number of hydrogen-bond acceptors (Lipinski definition) is 4. The van der Waals surface area contributed by atoms with Gasteiger partial charge in [0.1, 0.15) is 11.5 Å². The standard InChI is InChI=1S/C21H17F5O5S2/c1-2-10-32(17-11-13-6-3-4-9-16(13)18(17)27)15-8-5-7-14(12-15)31-19(20(22,23)24)21(25,26)33(28,29)30/h2-9,12,17,19H,1,10-11H2/p+1. The van der Waals surface area contributed by atoms with Gasteiger partial charge >= 0.3 is 21.5 Å². The monoisotopic (exact) mass is 509 g/mol. The molecule has 0 amide bonds. The number of alkyl halides is 5. The van der Waals surface area contributed by atoms with Crippen LogP contribution >= 0.6 is 0 Å². The summed E-state index contributed by atoms with van der Waals surface area (Å²) in [6.07, 6.45) is -8.03. The van der Waals surface area contributed by atoms with Crippen molar-refractivity contribution in [2.24, 2.45) is 0 Å². The number of fused-ring (bicyclic) bond motifs is 1. The highest BCUT2D eigenvalue weighted by atomic mass is 32.2. The lowest BCUT2D eigenvalue weighted by Crippen LogP contribution is -2.53. The van der Waals surface area contributed by atoms with Gasteiger partial charge in [-0.1, -0.05) is 36.9 Å². The Labute approximate surface area is 189 Å². The van der Waals surface area contributed by atoms with E-state index < -0.39 is 49.5 Å². The van der Waals surface area contributed by atoms with E-state index in [9.17, 15) is 35.2 Å². The molecule has 0 aromatic heterocycles. The SMILES string of the molecule is C=CC[S+](c1cccc(OC(C(F)(F)F)C(F)(F)S(=O)(=O)O)c1)C1Cc2ccccc2C1=O. The van der Waals surface area contributed by atoms with Gasteiger partial charge in [-0.15, -0.1) is 0 Å². The number of carbonyl (C=O) groups is 1. The Morgan fingerprint density at radius 1 is 1.15 bits per heavy atom. The maximum absolute atomic E-state index is 13.9. The summed E-state index contributed by atoms with van der Waals surface area (Å²) in [6, 6.07) is 11.7. The lowest BCUT2D eigenvalue weighted by molar-refractivity contribution is -0.239. The third-order valence-electron chi connectivity index (χ3n) is 4.93. The van der Waals surface area contributed by atoms with Crippen LogP contribution in [-0.4, -0.2) is 47.3 Å². The topological polar surface area (TPSA) is 80.7 Å². The number of ether oxygens (including phenoxy) is 1. The Hall–Kier alpha value is -2.44. The third kappa shape index (κ3) is 5.07. The highest BCUT2D eigenvalue weighted by molar-refractivity contribution is 7.98. The molecular weight excluding hydrogens is 491 g/mol. The van der Waals surface area contributed by atoms with Crippen LogP contribution < -0.4 is 4.74 Å². The molecule has 0 saturated carbocycles. The van der Waals surface area contributed by atoms with Crippen molar-refractivity contribution >= 4 is 26.8 Å². The Bertz CT molecular complexity index is 1160. The first kappa shape index (κ1) is 25.2. The summed E-state index contributed by atoms with van der Waals surface area (Å²) in [6.45, 7) is 3.66. The summed E-state index contributed by atoms with van der Waals surface area (Å²) in [4.78, 5) is 13.3. The summed E-state index contributed by atoms with van der Waals surface area (Å²) >= 11 is 0. The largest absolute Gasteiger partial charge is 0.473 e. The second-order valence-electron chi connectivity index (χ2n) is 7.15. The van der Waals surface area contributed by atoms with Crippen molar-refractivity contribution in [3.8, 4) is 5.75 Å². The predicted octanol–water partition coefficient (Wildman–Crippen LogP) is 4.45. The number of benzene rings is 2. The van der Waals surface area contributed by atoms with Crippen molar-refractivity contribution in [3.63, 3.8) is 0 Å². The number of hydrogen-bond donors (Lipinski definition) is 1. The van der Waals surface area contributed by atoms with Gasteiger partial charge in [0.05, 0.1) is 0 Å². The number of ketones is 1.